The third-order valence-electron chi connectivity index (χ3n) is 3.47. The summed E-state index contributed by atoms with van der Waals surface area (Å²) in [6, 6.07) is 0. The molecule has 0 bridgehead atoms. The van der Waals surface area contributed by atoms with E-state index in [2.05, 4.69) is 20.8 Å². The van der Waals surface area contributed by atoms with Crippen molar-refractivity contribution in [1.29, 1.82) is 0 Å². The molecule has 0 saturated carbocycles. The molecule has 0 unspecified atom stereocenters. The summed E-state index contributed by atoms with van der Waals surface area (Å²) in [5, 5.41) is 0. The van der Waals surface area contributed by atoms with Crippen molar-refractivity contribution in [3.05, 3.63) is 0 Å². The van der Waals surface area contributed by atoms with E-state index < -0.39 is 8.80 Å². The number of nitrogens with zero attached hydrogens (tertiary/aromatic N) is 1. The molecule has 0 N–H and O–H groups in total. The van der Waals surface area contributed by atoms with Crippen molar-refractivity contribution >= 4 is 8.80 Å². The van der Waals surface area contributed by atoms with Crippen LogP contribution in [-0.2, 0) is 13.3 Å². The van der Waals surface area contributed by atoms with Gasteiger partial charge in [-0.05, 0) is 20.8 Å². The molecular weight excluding hydrogens is 210 g/mol. The molecule has 0 rings (SSSR count). The van der Waals surface area contributed by atoms with Gasteiger partial charge >= 0.3 is 8.80 Å². The Bertz CT molecular complexity index is 136. The highest BCUT2D eigenvalue weighted by molar-refractivity contribution is 6.60. The Kier molecular flexibility index (Phi) is 6.62. The summed E-state index contributed by atoms with van der Waals surface area (Å²) in [4.78, 5) is 0. The molecule has 0 aromatic rings. The average molecular weight is 236 g/mol. The second-order valence-electron chi connectivity index (χ2n) is 3.74. The second-order valence-corrected chi connectivity index (χ2v) is 6.65. The first kappa shape index (κ1) is 15.1. The molecule has 0 heterocycles. The summed E-state index contributed by atoms with van der Waals surface area (Å²) in [6.07, 6.45) is 0.847. The number of hydrogen-bond donors (Lipinski definition) is 0. The summed E-state index contributed by atoms with van der Waals surface area (Å²) >= 11 is 0. The Labute approximate surface area is 95.1 Å². The van der Waals surface area contributed by atoms with Crippen molar-refractivity contribution in [3.63, 3.8) is 0 Å². The molecule has 0 amide bonds. The molecule has 5 heteroatoms. The second kappa shape index (κ2) is 6.60. The highest BCUT2D eigenvalue weighted by Crippen LogP contribution is 2.15. The van der Waals surface area contributed by atoms with E-state index in [1.807, 2.05) is 0 Å². The summed E-state index contributed by atoms with van der Waals surface area (Å²) in [5.74, 6) is 0. The monoisotopic (exact) mass is 236 g/mol. The SMILES string of the molecule is CC[N+](CC)(CC)C[Si](OC)(OC)OC. The Hall–Kier alpha value is 0.0569. The summed E-state index contributed by atoms with van der Waals surface area (Å²) in [5.41, 5.74) is 0. The van der Waals surface area contributed by atoms with E-state index in [4.69, 9.17) is 13.3 Å². The van der Waals surface area contributed by atoms with Crippen LogP contribution < -0.4 is 0 Å². The van der Waals surface area contributed by atoms with Crippen molar-refractivity contribution in [2.24, 2.45) is 0 Å². The zero-order valence-corrected chi connectivity index (χ0v) is 12.0. The average Bonchev–Trinajstić information content (AvgIpc) is 2.33. The van der Waals surface area contributed by atoms with E-state index >= 15 is 0 Å². The lowest BCUT2D eigenvalue weighted by Gasteiger charge is -2.39. The molecule has 15 heavy (non-hydrogen) atoms. The predicted molar refractivity (Wildman–Crippen MR) is 63.5 cm³/mol. The Morgan fingerprint density at radius 2 is 1.13 bits per heavy atom. The molecule has 0 spiro atoms. The molecule has 4 nitrogen and oxygen atoms in total. The van der Waals surface area contributed by atoms with Crippen molar-refractivity contribution < 1.29 is 17.8 Å². The lowest BCUT2D eigenvalue weighted by molar-refractivity contribution is -0.916. The molecule has 0 radical (unpaired) electrons. The van der Waals surface area contributed by atoms with Gasteiger partial charge in [0.15, 0.2) is 0 Å². The smallest absolute Gasteiger partial charge is 0.374 e. The first-order chi connectivity index (χ1) is 7.07. The zero-order valence-electron chi connectivity index (χ0n) is 11.0. The van der Waals surface area contributed by atoms with E-state index in [1.54, 1.807) is 21.3 Å². The Morgan fingerprint density at radius 1 is 0.800 bits per heavy atom. The van der Waals surface area contributed by atoms with Gasteiger partial charge in [0.05, 0.1) is 19.6 Å². The van der Waals surface area contributed by atoms with Gasteiger partial charge in [-0.15, -0.1) is 0 Å². The fourth-order valence-electron chi connectivity index (χ4n) is 1.86. The van der Waals surface area contributed by atoms with Crippen molar-refractivity contribution in [2.45, 2.75) is 20.8 Å². The predicted octanol–water partition coefficient (Wildman–Crippen LogP) is 1.28. The quantitative estimate of drug-likeness (QED) is 0.469. The number of rotatable bonds is 8. The van der Waals surface area contributed by atoms with Gasteiger partial charge in [-0.2, -0.15) is 0 Å². The minimum absolute atomic E-state index is 0.847. The lowest BCUT2D eigenvalue weighted by Crippen LogP contribution is -2.62. The van der Waals surface area contributed by atoms with Crippen molar-refractivity contribution in [1.82, 2.24) is 0 Å². The molecule has 0 aliphatic carbocycles. The van der Waals surface area contributed by atoms with Crippen LogP contribution in [0.1, 0.15) is 20.8 Å². The van der Waals surface area contributed by atoms with Crippen LogP contribution in [0.4, 0.5) is 0 Å². The zero-order chi connectivity index (χ0) is 11.9. The minimum Gasteiger partial charge on any atom is -0.374 e. The van der Waals surface area contributed by atoms with Gasteiger partial charge in [0.25, 0.3) is 0 Å². The van der Waals surface area contributed by atoms with Crippen LogP contribution in [0.5, 0.6) is 0 Å². The standard InChI is InChI=1S/C10H26NO3Si/c1-7-11(8-2,9-3)10-15(12-4,13-5)14-6/h7-10H2,1-6H3/q+1. The van der Waals surface area contributed by atoms with Crippen LogP contribution in [0.2, 0.25) is 0 Å². The molecular formula is C10H26NO3Si+. The molecule has 0 aliphatic rings. The third kappa shape index (κ3) is 3.53. The minimum atomic E-state index is -2.44. The molecule has 0 aliphatic heterocycles. The van der Waals surface area contributed by atoms with Crippen LogP contribution in [0.25, 0.3) is 0 Å². The highest BCUT2D eigenvalue weighted by atomic mass is 28.4. The van der Waals surface area contributed by atoms with Crippen LogP contribution in [-0.4, -0.2) is 60.4 Å². The fourth-order valence-corrected chi connectivity index (χ4v) is 4.24. The van der Waals surface area contributed by atoms with E-state index in [-0.39, 0.29) is 0 Å². The van der Waals surface area contributed by atoms with Gasteiger partial charge < -0.3 is 17.8 Å². The Balaban J connectivity index is 4.74. The maximum Gasteiger partial charge on any atom is 0.558 e. The van der Waals surface area contributed by atoms with Crippen LogP contribution >= 0.6 is 0 Å². The summed E-state index contributed by atoms with van der Waals surface area (Å²) in [6.45, 7) is 9.85. The van der Waals surface area contributed by atoms with E-state index in [9.17, 15) is 0 Å². The molecule has 92 valence electrons. The molecule has 0 aromatic heterocycles. The molecule has 0 fully saturated rings. The first-order valence-electron chi connectivity index (χ1n) is 5.58. The van der Waals surface area contributed by atoms with E-state index in [1.165, 1.54) is 0 Å². The largest absolute Gasteiger partial charge is 0.558 e. The Morgan fingerprint density at radius 3 is 1.33 bits per heavy atom. The van der Waals surface area contributed by atoms with Crippen molar-refractivity contribution in [3.8, 4) is 0 Å². The normalized spacial score (nSPS) is 13.2. The summed E-state index contributed by atoms with van der Waals surface area (Å²) < 4.78 is 17.4. The number of hydrogen-bond acceptors (Lipinski definition) is 3. The fraction of sp³-hybridized carbons (Fsp3) is 1.00. The van der Waals surface area contributed by atoms with E-state index in [0.717, 1.165) is 30.3 Å². The maximum atomic E-state index is 5.48. The van der Waals surface area contributed by atoms with Crippen LogP contribution in [0.3, 0.4) is 0 Å². The topological polar surface area (TPSA) is 27.7 Å². The van der Waals surface area contributed by atoms with Gasteiger partial charge in [0.1, 0.15) is 6.17 Å². The van der Waals surface area contributed by atoms with Gasteiger partial charge in [-0.1, -0.05) is 0 Å². The van der Waals surface area contributed by atoms with Gasteiger partial charge in [0, 0.05) is 21.3 Å². The van der Waals surface area contributed by atoms with Gasteiger partial charge in [-0.3, -0.25) is 0 Å². The molecule has 0 saturated heterocycles. The maximum absolute atomic E-state index is 5.48. The number of quaternary nitrogens is 1. The first-order valence-corrected chi connectivity index (χ1v) is 7.51. The summed E-state index contributed by atoms with van der Waals surface area (Å²) in [7, 11) is 2.58. The molecule has 0 atom stereocenters. The van der Waals surface area contributed by atoms with Crippen LogP contribution in [0, 0.1) is 0 Å². The van der Waals surface area contributed by atoms with Gasteiger partial charge in [-0.25, -0.2) is 0 Å². The molecule has 0 aromatic carbocycles. The lowest BCUT2D eigenvalue weighted by atomic mass is 10.4. The van der Waals surface area contributed by atoms with Gasteiger partial charge in [0.2, 0.25) is 0 Å². The van der Waals surface area contributed by atoms with Crippen molar-refractivity contribution in [2.75, 3.05) is 47.1 Å². The third-order valence-corrected chi connectivity index (χ3v) is 6.40. The van der Waals surface area contributed by atoms with E-state index in [0.29, 0.717) is 0 Å². The highest BCUT2D eigenvalue weighted by Gasteiger charge is 2.46. The van der Waals surface area contributed by atoms with Crippen LogP contribution in [0.15, 0.2) is 0 Å².